The maximum absolute atomic E-state index is 5.86. The summed E-state index contributed by atoms with van der Waals surface area (Å²) in [6.07, 6.45) is 3.56. The number of fused-ring (bicyclic) bond motifs is 1. The number of nitrogens with one attached hydrogen (secondary N) is 1. The van der Waals surface area contributed by atoms with Gasteiger partial charge in [0.25, 0.3) is 0 Å². The Kier molecular flexibility index (Phi) is 4.79. The molecule has 0 amide bonds. The van der Waals surface area contributed by atoms with Gasteiger partial charge in [-0.25, -0.2) is 0 Å². The first-order valence-corrected chi connectivity index (χ1v) is 8.29. The van der Waals surface area contributed by atoms with Crippen molar-refractivity contribution in [2.24, 2.45) is 0 Å². The number of rotatable bonds is 5. The monoisotopic (exact) mass is 295 g/mol. The fourth-order valence-corrected chi connectivity index (χ4v) is 3.17. The highest BCUT2D eigenvalue weighted by Gasteiger charge is 2.20. The lowest BCUT2D eigenvalue weighted by atomic mass is 9.90. The molecule has 2 heteroatoms. The van der Waals surface area contributed by atoms with Gasteiger partial charge in [0.1, 0.15) is 5.75 Å². The molecule has 116 valence electrons. The molecule has 1 aliphatic rings. The fraction of sp³-hybridized carbons (Fsp3) is 0.400. The van der Waals surface area contributed by atoms with E-state index >= 15 is 0 Å². The molecule has 2 aromatic carbocycles. The van der Waals surface area contributed by atoms with Gasteiger partial charge in [-0.05, 0) is 68.5 Å². The van der Waals surface area contributed by atoms with Crippen molar-refractivity contribution in [3.63, 3.8) is 0 Å². The Balaban J connectivity index is 1.74. The van der Waals surface area contributed by atoms with Gasteiger partial charge in [-0.15, -0.1) is 0 Å². The summed E-state index contributed by atoms with van der Waals surface area (Å²) in [5, 5.41) is 3.67. The van der Waals surface area contributed by atoms with Crippen molar-refractivity contribution in [3.8, 4) is 5.75 Å². The number of hydrogen-bond donors (Lipinski definition) is 1. The van der Waals surface area contributed by atoms with E-state index in [2.05, 4.69) is 67.7 Å². The number of benzene rings is 2. The van der Waals surface area contributed by atoms with Crippen LogP contribution in [0.3, 0.4) is 0 Å². The number of ether oxygens (including phenoxy) is 1. The summed E-state index contributed by atoms with van der Waals surface area (Å²) in [4.78, 5) is 0. The van der Waals surface area contributed by atoms with Crippen molar-refractivity contribution in [2.45, 2.75) is 45.3 Å². The van der Waals surface area contributed by atoms with Gasteiger partial charge in [0.15, 0.2) is 0 Å². The van der Waals surface area contributed by atoms with Crippen LogP contribution in [0.4, 0.5) is 0 Å². The zero-order chi connectivity index (χ0) is 15.4. The van der Waals surface area contributed by atoms with E-state index in [1.54, 1.807) is 0 Å². The molecule has 0 spiro atoms. The highest BCUT2D eigenvalue weighted by molar-refractivity contribution is 5.39. The maximum Gasteiger partial charge on any atom is 0.120 e. The first-order valence-electron chi connectivity index (χ1n) is 8.29. The Morgan fingerprint density at radius 3 is 2.73 bits per heavy atom. The lowest BCUT2D eigenvalue weighted by molar-refractivity contribution is 0.241. The molecule has 3 rings (SSSR count). The average Bonchev–Trinajstić information content (AvgIpc) is 2.53. The number of aryl methyl sites for hydroxylation is 1. The van der Waals surface area contributed by atoms with Crippen LogP contribution in [-0.2, 0) is 12.8 Å². The van der Waals surface area contributed by atoms with Crippen LogP contribution >= 0.6 is 0 Å². The summed E-state index contributed by atoms with van der Waals surface area (Å²) in [5.41, 5.74) is 4.29. The maximum atomic E-state index is 5.86. The second-order valence-electron chi connectivity index (χ2n) is 6.31. The smallest absolute Gasteiger partial charge is 0.120 e. The van der Waals surface area contributed by atoms with Crippen molar-refractivity contribution in [2.75, 3.05) is 6.54 Å². The molecule has 0 bridgehead atoms. The lowest BCUT2D eigenvalue weighted by Crippen LogP contribution is -2.30. The third-order valence-corrected chi connectivity index (χ3v) is 4.21. The summed E-state index contributed by atoms with van der Waals surface area (Å²) in [6, 6.07) is 17.7. The summed E-state index contributed by atoms with van der Waals surface area (Å²) >= 11 is 0. The summed E-state index contributed by atoms with van der Waals surface area (Å²) in [7, 11) is 0. The van der Waals surface area contributed by atoms with E-state index in [-0.39, 0.29) is 6.10 Å². The van der Waals surface area contributed by atoms with Crippen LogP contribution in [-0.4, -0.2) is 12.6 Å². The second-order valence-corrected chi connectivity index (χ2v) is 6.31. The molecule has 1 N–H and O–H groups in total. The van der Waals surface area contributed by atoms with Gasteiger partial charge in [0.2, 0.25) is 0 Å². The molecule has 2 nitrogen and oxygen atoms in total. The minimum absolute atomic E-state index is 0.220. The van der Waals surface area contributed by atoms with Gasteiger partial charge in [-0.1, -0.05) is 36.4 Å². The third kappa shape index (κ3) is 3.69. The van der Waals surface area contributed by atoms with Gasteiger partial charge >= 0.3 is 0 Å². The molecule has 0 aliphatic carbocycles. The Hall–Kier alpha value is -1.80. The van der Waals surface area contributed by atoms with Crippen molar-refractivity contribution >= 4 is 0 Å². The van der Waals surface area contributed by atoms with E-state index in [1.165, 1.54) is 16.7 Å². The van der Waals surface area contributed by atoms with Gasteiger partial charge in [-0.2, -0.15) is 0 Å². The predicted octanol–water partition coefficient (Wildman–Crippen LogP) is 4.29. The quantitative estimate of drug-likeness (QED) is 0.888. The molecular formula is C20H25NO. The zero-order valence-corrected chi connectivity index (χ0v) is 13.5. The van der Waals surface area contributed by atoms with E-state index in [9.17, 15) is 0 Å². The molecule has 22 heavy (non-hydrogen) atoms. The summed E-state index contributed by atoms with van der Waals surface area (Å²) in [6.45, 7) is 5.21. The van der Waals surface area contributed by atoms with Crippen LogP contribution in [0, 0.1) is 0 Å². The summed E-state index contributed by atoms with van der Waals surface area (Å²) < 4.78 is 5.86. The van der Waals surface area contributed by atoms with Gasteiger partial charge in [0.05, 0.1) is 6.10 Å². The van der Waals surface area contributed by atoms with Crippen LogP contribution < -0.4 is 10.1 Å². The minimum Gasteiger partial charge on any atom is -0.491 e. The Morgan fingerprint density at radius 1 is 1.14 bits per heavy atom. The van der Waals surface area contributed by atoms with Crippen molar-refractivity contribution < 1.29 is 4.74 Å². The van der Waals surface area contributed by atoms with Crippen molar-refractivity contribution in [1.82, 2.24) is 5.32 Å². The first kappa shape index (κ1) is 15.1. The van der Waals surface area contributed by atoms with Crippen LogP contribution in [0.1, 0.15) is 43.0 Å². The van der Waals surface area contributed by atoms with E-state index in [4.69, 9.17) is 4.74 Å². The first-order chi connectivity index (χ1) is 10.7. The van der Waals surface area contributed by atoms with Crippen LogP contribution in [0.5, 0.6) is 5.75 Å². The molecule has 2 aromatic rings. The molecule has 0 radical (unpaired) electrons. The predicted molar refractivity (Wildman–Crippen MR) is 91.4 cm³/mol. The summed E-state index contributed by atoms with van der Waals surface area (Å²) in [5.74, 6) is 0.988. The zero-order valence-electron chi connectivity index (χ0n) is 13.5. The van der Waals surface area contributed by atoms with E-state index in [1.807, 2.05) is 0 Å². The van der Waals surface area contributed by atoms with Crippen LogP contribution in [0.2, 0.25) is 0 Å². The standard InChI is InChI=1S/C20H25NO/c1-15(2)22-18-10-9-17-12-13-21-20(19(17)14-18)11-8-16-6-4-3-5-7-16/h3-7,9-10,14-15,20-21H,8,11-13H2,1-2H3. The van der Waals surface area contributed by atoms with Crippen molar-refractivity contribution in [3.05, 3.63) is 65.2 Å². The highest BCUT2D eigenvalue weighted by Crippen LogP contribution is 2.30. The van der Waals surface area contributed by atoms with Crippen molar-refractivity contribution in [1.29, 1.82) is 0 Å². The van der Waals surface area contributed by atoms with E-state index in [0.717, 1.165) is 31.6 Å². The lowest BCUT2D eigenvalue weighted by Gasteiger charge is -2.28. The minimum atomic E-state index is 0.220. The SMILES string of the molecule is CC(C)Oc1ccc2c(c1)C(CCc1ccccc1)NCC2. The normalized spacial score (nSPS) is 17.3. The molecule has 0 fully saturated rings. The Labute approximate surface area is 133 Å². The molecular weight excluding hydrogens is 270 g/mol. The van der Waals surface area contributed by atoms with Crippen LogP contribution in [0.25, 0.3) is 0 Å². The third-order valence-electron chi connectivity index (χ3n) is 4.21. The topological polar surface area (TPSA) is 21.3 Å². The van der Waals surface area contributed by atoms with Gasteiger partial charge in [-0.3, -0.25) is 0 Å². The van der Waals surface area contributed by atoms with Gasteiger partial charge in [0, 0.05) is 6.04 Å². The Bertz CT molecular complexity index is 606. The highest BCUT2D eigenvalue weighted by atomic mass is 16.5. The molecule has 1 atom stereocenters. The van der Waals surface area contributed by atoms with Crippen LogP contribution in [0.15, 0.2) is 48.5 Å². The van der Waals surface area contributed by atoms with Gasteiger partial charge < -0.3 is 10.1 Å². The second kappa shape index (κ2) is 6.97. The molecule has 0 saturated heterocycles. The molecule has 0 saturated carbocycles. The fourth-order valence-electron chi connectivity index (χ4n) is 3.17. The number of hydrogen-bond acceptors (Lipinski definition) is 2. The largest absolute Gasteiger partial charge is 0.491 e. The molecule has 0 aromatic heterocycles. The average molecular weight is 295 g/mol. The molecule has 1 heterocycles. The van der Waals surface area contributed by atoms with E-state index < -0.39 is 0 Å². The molecule has 1 unspecified atom stereocenters. The van der Waals surface area contributed by atoms with E-state index in [0.29, 0.717) is 6.04 Å². The molecule has 1 aliphatic heterocycles. The Morgan fingerprint density at radius 2 is 1.95 bits per heavy atom.